The van der Waals surface area contributed by atoms with E-state index in [1.54, 1.807) is 56.3 Å². The first-order chi connectivity index (χ1) is 11.4. The summed E-state index contributed by atoms with van der Waals surface area (Å²) in [5.74, 6) is 0.272. The van der Waals surface area contributed by atoms with Gasteiger partial charge in [-0.25, -0.2) is 0 Å². The minimum absolute atomic E-state index is 0.286. The Balaban J connectivity index is 1.99. The quantitative estimate of drug-likeness (QED) is 0.890. The van der Waals surface area contributed by atoms with Crippen molar-refractivity contribution >= 4 is 5.91 Å². The fraction of sp³-hybridized carbons (Fsp3) is 0.263. The van der Waals surface area contributed by atoms with Gasteiger partial charge < -0.3 is 15.2 Å². The summed E-state index contributed by atoms with van der Waals surface area (Å²) in [5.41, 5.74) is 0.691. The van der Waals surface area contributed by atoms with Crippen molar-refractivity contribution in [2.24, 2.45) is 0 Å². The Hall–Kier alpha value is -2.84. The van der Waals surface area contributed by atoms with Gasteiger partial charge in [0.1, 0.15) is 17.5 Å². The van der Waals surface area contributed by atoms with Gasteiger partial charge in [0.25, 0.3) is 5.91 Å². The number of rotatable bonds is 2. The van der Waals surface area contributed by atoms with Gasteiger partial charge in [0.05, 0.1) is 17.7 Å². The number of hydrogen-bond donors (Lipinski definition) is 2. The molecule has 122 valence electrons. The van der Waals surface area contributed by atoms with E-state index in [1.807, 2.05) is 6.07 Å². The molecule has 0 radical (unpaired) electrons. The molecule has 0 unspecified atom stereocenters. The lowest BCUT2D eigenvalue weighted by molar-refractivity contribution is -0.0627. The van der Waals surface area contributed by atoms with Crippen LogP contribution in [-0.2, 0) is 0 Å². The van der Waals surface area contributed by atoms with E-state index in [9.17, 15) is 9.90 Å². The highest BCUT2D eigenvalue weighted by molar-refractivity contribution is 5.94. The number of carbonyl (C=O) groups is 1. The number of nitrogens with one attached hydrogen (secondary N) is 1. The van der Waals surface area contributed by atoms with E-state index < -0.39 is 17.7 Å². The van der Waals surface area contributed by atoms with Gasteiger partial charge in [-0.1, -0.05) is 18.2 Å². The third-order valence-corrected chi connectivity index (χ3v) is 4.20. The topological polar surface area (TPSA) is 82.3 Å². The summed E-state index contributed by atoms with van der Waals surface area (Å²) in [6, 6.07) is 15.2. The maximum atomic E-state index is 12.5. The van der Waals surface area contributed by atoms with Crippen LogP contribution in [0.2, 0.25) is 0 Å². The largest absolute Gasteiger partial charge is 0.485 e. The molecule has 1 heterocycles. The van der Waals surface area contributed by atoms with E-state index in [4.69, 9.17) is 10.00 Å². The smallest absolute Gasteiger partial charge is 0.251 e. The second-order valence-corrected chi connectivity index (χ2v) is 6.33. The molecule has 5 heteroatoms. The first kappa shape index (κ1) is 16.0. The molecule has 0 bridgehead atoms. The first-order valence-electron chi connectivity index (χ1n) is 7.69. The van der Waals surface area contributed by atoms with E-state index >= 15 is 0 Å². The fourth-order valence-electron chi connectivity index (χ4n) is 2.84. The lowest BCUT2D eigenvalue weighted by Gasteiger charge is -2.42. The highest BCUT2D eigenvalue weighted by atomic mass is 16.5. The number of nitrogens with zero attached hydrogens (tertiary/aromatic N) is 1. The van der Waals surface area contributed by atoms with Crippen LogP contribution in [-0.4, -0.2) is 22.7 Å². The fourth-order valence-corrected chi connectivity index (χ4v) is 2.84. The van der Waals surface area contributed by atoms with Crippen LogP contribution >= 0.6 is 0 Å². The molecule has 1 aliphatic rings. The van der Waals surface area contributed by atoms with Crippen molar-refractivity contribution in [1.29, 1.82) is 5.26 Å². The van der Waals surface area contributed by atoms with Crippen LogP contribution in [0.3, 0.4) is 0 Å². The van der Waals surface area contributed by atoms with Crippen molar-refractivity contribution < 1.29 is 14.6 Å². The lowest BCUT2D eigenvalue weighted by Crippen LogP contribution is -2.53. The summed E-state index contributed by atoms with van der Waals surface area (Å²) >= 11 is 0. The highest BCUT2D eigenvalue weighted by Gasteiger charge is 2.43. The second-order valence-electron chi connectivity index (χ2n) is 6.33. The molecule has 5 nitrogen and oxygen atoms in total. The third-order valence-electron chi connectivity index (χ3n) is 4.20. The average Bonchev–Trinajstić information content (AvgIpc) is 2.59. The average molecular weight is 322 g/mol. The Morgan fingerprint density at radius 2 is 1.96 bits per heavy atom. The molecule has 0 fully saturated rings. The van der Waals surface area contributed by atoms with Crippen LogP contribution in [0.15, 0.2) is 48.5 Å². The Morgan fingerprint density at radius 3 is 2.62 bits per heavy atom. The Kier molecular flexibility index (Phi) is 4.00. The highest BCUT2D eigenvalue weighted by Crippen LogP contribution is 2.40. The van der Waals surface area contributed by atoms with E-state index in [0.29, 0.717) is 22.4 Å². The molecule has 0 aliphatic carbocycles. The number of amides is 1. The van der Waals surface area contributed by atoms with E-state index in [0.717, 1.165) is 0 Å². The molecular formula is C19H18N2O3. The minimum atomic E-state index is -0.952. The number of ether oxygens (including phenoxy) is 1. The Bertz CT molecular complexity index is 809. The van der Waals surface area contributed by atoms with Crippen LogP contribution in [0.1, 0.15) is 41.4 Å². The molecule has 24 heavy (non-hydrogen) atoms. The van der Waals surface area contributed by atoms with Crippen LogP contribution in [0.5, 0.6) is 5.75 Å². The molecule has 0 saturated heterocycles. The van der Waals surface area contributed by atoms with Gasteiger partial charge in [0, 0.05) is 11.1 Å². The standard InChI is InChI=1S/C19H18N2O3/c1-19(2)17(22)16(21-18(23)13-6-4-3-5-7-13)14-10-12(11-20)8-9-15(14)24-19/h3-10,16-17,22H,1-2H3,(H,21,23)/t16-,17-/m1/s1. The number of aliphatic hydroxyl groups excluding tert-OH is 1. The van der Waals surface area contributed by atoms with Gasteiger partial charge in [-0.2, -0.15) is 5.26 Å². The monoisotopic (exact) mass is 322 g/mol. The number of fused-ring (bicyclic) bond motifs is 1. The van der Waals surface area contributed by atoms with Crippen molar-refractivity contribution in [3.63, 3.8) is 0 Å². The molecule has 0 saturated carbocycles. The first-order valence-corrected chi connectivity index (χ1v) is 7.69. The Morgan fingerprint density at radius 1 is 1.25 bits per heavy atom. The number of benzene rings is 2. The van der Waals surface area contributed by atoms with Crippen molar-refractivity contribution in [2.75, 3.05) is 0 Å². The van der Waals surface area contributed by atoms with Crippen molar-refractivity contribution in [3.05, 3.63) is 65.2 Å². The number of carbonyl (C=O) groups excluding carboxylic acids is 1. The van der Waals surface area contributed by atoms with Crippen molar-refractivity contribution in [1.82, 2.24) is 5.32 Å². The van der Waals surface area contributed by atoms with E-state index in [2.05, 4.69) is 11.4 Å². The molecule has 2 aromatic rings. The summed E-state index contributed by atoms with van der Waals surface area (Å²) in [6.45, 7) is 3.53. The molecule has 2 atom stereocenters. The van der Waals surface area contributed by atoms with Gasteiger partial charge in [0.2, 0.25) is 0 Å². The van der Waals surface area contributed by atoms with Crippen molar-refractivity contribution in [3.8, 4) is 11.8 Å². The summed E-state index contributed by atoms with van der Waals surface area (Å²) in [6.07, 6.45) is -0.952. The minimum Gasteiger partial charge on any atom is -0.485 e. The van der Waals surface area contributed by atoms with Crippen LogP contribution < -0.4 is 10.1 Å². The normalized spacial score (nSPS) is 21.1. The molecule has 0 spiro atoms. The lowest BCUT2D eigenvalue weighted by atomic mass is 9.85. The van der Waals surface area contributed by atoms with Crippen LogP contribution in [0.25, 0.3) is 0 Å². The molecular weight excluding hydrogens is 304 g/mol. The summed E-state index contributed by atoms with van der Waals surface area (Å²) in [4.78, 5) is 12.5. The zero-order valence-electron chi connectivity index (χ0n) is 13.5. The third kappa shape index (κ3) is 2.84. The van der Waals surface area contributed by atoms with Gasteiger partial charge in [-0.15, -0.1) is 0 Å². The van der Waals surface area contributed by atoms with Gasteiger partial charge in [-0.05, 0) is 44.2 Å². The molecule has 0 aromatic heterocycles. The number of aliphatic hydroxyl groups is 1. The molecule has 2 aromatic carbocycles. The van der Waals surface area contributed by atoms with E-state index in [-0.39, 0.29) is 5.91 Å². The van der Waals surface area contributed by atoms with Gasteiger partial charge >= 0.3 is 0 Å². The predicted molar refractivity (Wildman–Crippen MR) is 88.5 cm³/mol. The predicted octanol–water partition coefficient (Wildman–Crippen LogP) is 2.56. The van der Waals surface area contributed by atoms with Crippen molar-refractivity contribution in [2.45, 2.75) is 31.6 Å². The van der Waals surface area contributed by atoms with Gasteiger partial charge in [0.15, 0.2) is 0 Å². The summed E-state index contributed by atoms with van der Waals surface area (Å²) in [5, 5.41) is 22.7. The van der Waals surface area contributed by atoms with E-state index in [1.165, 1.54) is 0 Å². The zero-order chi connectivity index (χ0) is 17.3. The molecule has 2 N–H and O–H groups in total. The maximum absolute atomic E-state index is 12.5. The van der Waals surface area contributed by atoms with Crippen LogP contribution in [0, 0.1) is 11.3 Å². The Labute approximate surface area is 140 Å². The second kappa shape index (κ2) is 5.99. The van der Waals surface area contributed by atoms with Crippen LogP contribution in [0.4, 0.5) is 0 Å². The summed E-state index contributed by atoms with van der Waals surface area (Å²) < 4.78 is 5.84. The molecule has 1 aliphatic heterocycles. The zero-order valence-corrected chi connectivity index (χ0v) is 13.5. The summed E-state index contributed by atoms with van der Waals surface area (Å²) in [7, 11) is 0. The molecule has 1 amide bonds. The molecule has 3 rings (SSSR count). The number of hydrogen-bond acceptors (Lipinski definition) is 4. The van der Waals surface area contributed by atoms with Gasteiger partial charge in [-0.3, -0.25) is 4.79 Å². The number of nitriles is 1. The maximum Gasteiger partial charge on any atom is 0.251 e. The SMILES string of the molecule is CC1(C)Oc2ccc(C#N)cc2[C@@H](NC(=O)c2ccccc2)[C@H]1O.